The molecule has 0 N–H and O–H groups in total. The summed E-state index contributed by atoms with van der Waals surface area (Å²) in [5, 5.41) is 0. The number of rotatable bonds is 3. The molecule has 3 rings (SSSR count). The Hall–Kier alpha value is -2.63. The molecule has 1 unspecified atom stereocenters. The third kappa shape index (κ3) is 2.84. The van der Waals surface area contributed by atoms with Gasteiger partial charge in [0.05, 0.1) is 6.04 Å². The Morgan fingerprint density at radius 3 is 2.57 bits per heavy atom. The predicted molar refractivity (Wildman–Crippen MR) is 79.4 cm³/mol. The summed E-state index contributed by atoms with van der Waals surface area (Å²) >= 11 is 0. The zero-order valence-electron chi connectivity index (χ0n) is 12.7. The Morgan fingerprint density at radius 2 is 1.83 bits per heavy atom. The maximum absolute atomic E-state index is 13.4. The molecule has 1 heterocycles. The van der Waals surface area contributed by atoms with Gasteiger partial charge in [-0.05, 0) is 42.8 Å². The van der Waals surface area contributed by atoms with Crippen molar-refractivity contribution in [3.8, 4) is 11.5 Å². The van der Waals surface area contributed by atoms with Crippen LogP contribution >= 0.6 is 0 Å². The average molecular weight is 319 g/mol. The molecule has 6 heteroatoms. The summed E-state index contributed by atoms with van der Waals surface area (Å²) in [6.07, 6.45) is 0. The van der Waals surface area contributed by atoms with E-state index in [9.17, 15) is 13.6 Å². The third-order valence-corrected chi connectivity index (χ3v) is 3.95. The summed E-state index contributed by atoms with van der Waals surface area (Å²) in [7, 11) is 1.61. The van der Waals surface area contributed by atoms with Gasteiger partial charge in [-0.2, -0.15) is 0 Å². The molecule has 4 nitrogen and oxygen atoms in total. The van der Waals surface area contributed by atoms with Crippen LogP contribution in [0.5, 0.6) is 11.5 Å². The van der Waals surface area contributed by atoms with E-state index in [4.69, 9.17) is 9.47 Å². The van der Waals surface area contributed by atoms with E-state index in [0.717, 1.165) is 12.1 Å². The van der Waals surface area contributed by atoms with Crippen molar-refractivity contribution >= 4 is 5.91 Å². The SMILES string of the molecule is CC(c1ccc(F)c(F)c1)N(C)C(=O)c1ccc2c(c1)OCO2. The van der Waals surface area contributed by atoms with Crippen LogP contribution in [0.15, 0.2) is 36.4 Å². The van der Waals surface area contributed by atoms with E-state index in [1.165, 1.54) is 11.0 Å². The second-order valence-electron chi connectivity index (χ2n) is 5.33. The number of benzene rings is 2. The summed E-state index contributed by atoms with van der Waals surface area (Å²) in [6.45, 7) is 1.88. The maximum atomic E-state index is 13.4. The fraction of sp³-hybridized carbons (Fsp3) is 0.235. The highest BCUT2D eigenvalue weighted by Gasteiger charge is 2.22. The number of hydrogen-bond donors (Lipinski definition) is 0. The molecule has 2 aromatic rings. The molecule has 23 heavy (non-hydrogen) atoms. The van der Waals surface area contributed by atoms with Crippen molar-refractivity contribution in [2.24, 2.45) is 0 Å². The molecule has 1 aliphatic heterocycles. The molecule has 0 bridgehead atoms. The van der Waals surface area contributed by atoms with Crippen molar-refractivity contribution in [1.29, 1.82) is 0 Å². The molecule has 2 aromatic carbocycles. The molecule has 0 saturated heterocycles. The Morgan fingerprint density at radius 1 is 1.09 bits per heavy atom. The van der Waals surface area contributed by atoms with Crippen LogP contribution in [0.1, 0.15) is 28.9 Å². The number of nitrogens with zero attached hydrogens (tertiary/aromatic N) is 1. The van der Waals surface area contributed by atoms with Crippen molar-refractivity contribution in [2.45, 2.75) is 13.0 Å². The van der Waals surface area contributed by atoms with Crippen LogP contribution in [-0.4, -0.2) is 24.6 Å². The first-order valence-corrected chi connectivity index (χ1v) is 7.09. The molecular formula is C17H15F2NO3. The smallest absolute Gasteiger partial charge is 0.254 e. The molecule has 0 aromatic heterocycles. The molecule has 1 atom stereocenters. The van der Waals surface area contributed by atoms with Crippen molar-refractivity contribution < 1.29 is 23.0 Å². The fourth-order valence-corrected chi connectivity index (χ4v) is 2.40. The standard InChI is InChI=1S/C17H15F2NO3/c1-10(11-3-5-13(18)14(19)7-11)20(2)17(21)12-4-6-15-16(8-12)23-9-22-15/h3-8,10H,9H2,1-2H3. The molecule has 1 amide bonds. The second-order valence-corrected chi connectivity index (χ2v) is 5.33. The third-order valence-electron chi connectivity index (χ3n) is 3.95. The molecule has 0 fully saturated rings. The van der Waals surface area contributed by atoms with E-state index in [-0.39, 0.29) is 12.7 Å². The monoisotopic (exact) mass is 319 g/mol. The highest BCUT2D eigenvalue weighted by Crippen LogP contribution is 2.33. The van der Waals surface area contributed by atoms with Crippen LogP contribution in [-0.2, 0) is 0 Å². The van der Waals surface area contributed by atoms with Gasteiger partial charge in [-0.3, -0.25) is 4.79 Å². The lowest BCUT2D eigenvalue weighted by Gasteiger charge is -2.25. The predicted octanol–water partition coefficient (Wildman–Crippen LogP) is 3.53. The number of hydrogen-bond acceptors (Lipinski definition) is 3. The topological polar surface area (TPSA) is 38.8 Å². The number of ether oxygens (including phenoxy) is 2. The molecular weight excluding hydrogens is 304 g/mol. The largest absolute Gasteiger partial charge is 0.454 e. The van der Waals surface area contributed by atoms with Gasteiger partial charge in [-0.1, -0.05) is 6.07 Å². The molecule has 120 valence electrons. The first kappa shape index (κ1) is 15.3. The molecule has 0 saturated carbocycles. The van der Waals surface area contributed by atoms with Gasteiger partial charge in [-0.25, -0.2) is 8.78 Å². The van der Waals surface area contributed by atoms with Crippen LogP contribution < -0.4 is 9.47 Å². The number of fused-ring (bicyclic) bond motifs is 1. The summed E-state index contributed by atoms with van der Waals surface area (Å²) in [4.78, 5) is 14.0. The number of amides is 1. The zero-order valence-corrected chi connectivity index (χ0v) is 12.7. The van der Waals surface area contributed by atoms with Gasteiger partial charge in [0.25, 0.3) is 5.91 Å². The second kappa shape index (κ2) is 5.87. The van der Waals surface area contributed by atoms with E-state index in [0.29, 0.717) is 22.6 Å². The maximum Gasteiger partial charge on any atom is 0.254 e. The van der Waals surface area contributed by atoms with Crippen LogP contribution in [0.2, 0.25) is 0 Å². The van der Waals surface area contributed by atoms with Crippen LogP contribution in [0, 0.1) is 11.6 Å². The normalized spacial score (nSPS) is 13.7. The Bertz CT molecular complexity index is 763. The molecule has 0 spiro atoms. The quantitative estimate of drug-likeness (QED) is 0.869. The minimum Gasteiger partial charge on any atom is -0.454 e. The van der Waals surface area contributed by atoms with Crippen molar-refractivity contribution in [1.82, 2.24) is 4.90 Å². The van der Waals surface area contributed by atoms with Gasteiger partial charge in [0.15, 0.2) is 23.1 Å². The van der Waals surface area contributed by atoms with Gasteiger partial charge in [-0.15, -0.1) is 0 Å². The Balaban J connectivity index is 1.82. The fourth-order valence-electron chi connectivity index (χ4n) is 2.40. The lowest BCUT2D eigenvalue weighted by Crippen LogP contribution is -2.29. The van der Waals surface area contributed by atoms with E-state index in [1.807, 2.05) is 0 Å². The Labute approximate surface area is 132 Å². The number of carbonyl (C=O) groups is 1. The van der Waals surface area contributed by atoms with Gasteiger partial charge >= 0.3 is 0 Å². The van der Waals surface area contributed by atoms with Crippen molar-refractivity contribution in [3.63, 3.8) is 0 Å². The number of carbonyl (C=O) groups excluding carboxylic acids is 1. The van der Waals surface area contributed by atoms with Crippen molar-refractivity contribution in [2.75, 3.05) is 13.8 Å². The van der Waals surface area contributed by atoms with Gasteiger partial charge in [0.1, 0.15) is 0 Å². The summed E-state index contributed by atoms with van der Waals surface area (Å²) in [6, 6.07) is 8.13. The first-order valence-electron chi connectivity index (χ1n) is 7.09. The minimum atomic E-state index is -0.932. The Kier molecular flexibility index (Phi) is 3.90. The molecule has 0 aliphatic carbocycles. The van der Waals surface area contributed by atoms with E-state index >= 15 is 0 Å². The van der Waals surface area contributed by atoms with Gasteiger partial charge in [0, 0.05) is 12.6 Å². The van der Waals surface area contributed by atoms with Gasteiger partial charge < -0.3 is 14.4 Å². The zero-order chi connectivity index (χ0) is 16.6. The van der Waals surface area contributed by atoms with Crippen molar-refractivity contribution in [3.05, 3.63) is 59.2 Å². The van der Waals surface area contributed by atoms with Crippen LogP contribution in [0.4, 0.5) is 8.78 Å². The minimum absolute atomic E-state index is 0.133. The summed E-state index contributed by atoms with van der Waals surface area (Å²) < 4.78 is 36.9. The lowest BCUT2D eigenvalue weighted by atomic mass is 10.1. The van der Waals surface area contributed by atoms with E-state index < -0.39 is 17.7 Å². The van der Waals surface area contributed by atoms with Crippen LogP contribution in [0.3, 0.4) is 0 Å². The molecule has 0 radical (unpaired) electrons. The first-order chi connectivity index (χ1) is 11.0. The van der Waals surface area contributed by atoms with E-state index in [2.05, 4.69) is 0 Å². The number of halogens is 2. The molecule has 1 aliphatic rings. The highest BCUT2D eigenvalue weighted by molar-refractivity contribution is 5.95. The summed E-state index contributed by atoms with van der Waals surface area (Å²) in [5.41, 5.74) is 0.951. The average Bonchev–Trinajstić information content (AvgIpc) is 3.02. The highest BCUT2D eigenvalue weighted by atomic mass is 19.2. The van der Waals surface area contributed by atoms with Crippen LogP contribution in [0.25, 0.3) is 0 Å². The van der Waals surface area contributed by atoms with E-state index in [1.54, 1.807) is 32.2 Å². The summed E-state index contributed by atoms with van der Waals surface area (Å²) in [5.74, 6) is -0.980. The lowest BCUT2D eigenvalue weighted by molar-refractivity contribution is 0.0742. The van der Waals surface area contributed by atoms with Gasteiger partial charge in [0.2, 0.25) is 6.79 Å².